The Morgan fingerprint density at radius 3 is 1.83 bits per heavy atom. The number of hydrogen-bond acceptors (Lipinski definition) is 3. The van der Waals surface area contributed by atoms with E-state index in [1.165, 1.54) is 6.92 Å². The maximum Gasteiger partial charge on any atom is 0.460 e. The Bertz CT molecular complexity index is 454. The molecule has 0 aliphatic rings. The molecule has 136 valence electrons. The number of alkyl halides is 9. The second kappa shape index (κ2) is 6.97. The van der Waals surface area contributed by atoms with Crippen molar-refractivity contribution in [1.29, 1.82) is 0 Å². The van der Waals surface area contributed by atoms with Gasteiger partial charge in [0.05, 0.1) is 18.8 Å². The van der Waals surface area contributed by atoms with Crippen molar-refractivity contribution in [3.05, 3.63) is 11.6 Å². The van der Waals surface area contributed by atoms with E-state index in [1.54, 1.807) is 0 Å². The van der Waals surface area contributed by atoms with Crippen LogP contribution in [0.15, 0.2) is 11.6 Å². The molecule has 0 unspecified atom stereocenters. The largest absolute Gasteiger partial charge is 0.462 e. The van der Waals surface area contributed by atoms with Gasteiger partial charge in [0.15, 0.2) is 0 Å². The lowest BCUT2D eigenvalue weighted by Gasteiger charge is -2.32. The molecule has 0 aromatic rings. The van der Waals surface area contributed by atoms with Gasteiger partial charge in [-0.15, -0.1) is 0 Å². The zero-order chi connectivity index (χ0) is 18.7. The van der Waals surface area contributed by atoms with Crippen molar-refractivity contribution in [3.8, 4) is 0 Å². The maximum atomic E-state index is 13.2. The van der Waals surface area contributed by atoms with Crippen LogP contribution < -0.4 is 0 Å². The van der Waals surface area contributed by atoms with Crippen molar-refractivity contribution in [2.24, 2.45) is 0 Å². The lowest BCUT2D eigenvalue weighted by molar-refractivity contribution is -0.388. The highest BCUT2D eigenvalue weighted by Crippen LogP contribution is 2.53. The van der Waals surface area contributed by atoms with Crippen molar-refractivity contribution < 1.29 is 54.2 Å². The molecule has 0 radical (unpaired) electrons. The molecular weight excluding hydrogens is 351 g/mol. The molecule has 0 aromatic carbocycles. The summed E-state index contributed by atoms with van der Waals surface area (Å²) in [4.78, 5) is 11.1. The number of aliphatic hydroxyl groups is 1. The summed E-state index contributed by atoms with van der Waals surface area (Å²) in [6, 6.07) is 0. The quantitative estimate of drug-likeness (QED) is 0.429. The second-order valence-corrected chi connectivity index (χ2v) is 4.23. The summed E-state index contributed by atoms with van der Waals surface area (Å²) in [5.41, 5.74) is -1.58. The smallest absolute Gasteiger partial charge is 0.460 e. The van der Waals surface area contributed by atoms with Crippen molar-refractivity contribution >= 4 is 5.97 Å². The Kier molecular flexibility index (Phi) is 6.53. The van der Waals surface area contributed by atoms with E-state index < -0.39 is 48.2 Å². The van der Waals surface area contributed by atoms with E-state index in [2.05, 4.69) is 4.74 Å². The molecule has 12 heteroatoms. The molecule has 1 N–H and O–H groups in total. The van der Waals surface area contributed by atoms with Crippen LogP contribution >= 0.6 is 0 Å². The van der Waals surface area contributed by atoms with E-state index in [0.29, 0.717) is 0 Å². The van der Waals surface area contributed by atoms with Crippen LogP contribution in [0.3, 0.4) is 0 Å². The van der Waals surface area contributed by atoms with Gasteiger partial charge in [-0.05, 0) is 6.42 Å². The molecule has 0 bridgehead atoms. The number of halogens is 9. The number of hydrogen-bond donors (Lipinski definition) is 1. The monoisotopic (exact) mass is 362 g/mol. The average Bonchev–Trinajstić information content (AvgIpc) is 2.40. The molecule has 0 heterocycles. The van der Waals surface area contributed by atoms with Crippen molar-refractivity contribution in [1.82, 2.24) is 0 Å². The van der Waals surface area contributed by atoms with E-state index in [-0.39, 0.29) is 13.0 Å². The molecule has 0 aliphatic heterocycles. The SMILES string of the molecule is CCCOC(=O)C(=CC(F)(F)C(F)(F)C(F)(F)C(F)(F)F)CO. The van der Waals surface area contributed by atoms with E-state index in [4.69, 9.17) is 5.11 Å². The van der Waals surface area contributed by atoms with Crippen LogP contribution in [0.2, 0.25) is 0 Å². The molecule has 0 rings (SSSR count). The van der Waals surface area contributed by atoms with Gasteiger partial charge in [0.25, 0.3) is 0 Å². The molecule has 0 aliphatic carbocycles. The third-order valence-electron chi connectivity index (χ3n) is 2.39. The summed E-state index contributed by atoms with van der Waals surface area (Å²) >= 11 is 0. The number of carbonyl (C=O) groups excluding carboxylic acids is 1. The topological polar surface area (TPSA) is 46.5 Å². The third-order valence-corrected chi connectivity index (χ3v) is 2.39. The lowest BCUT2D eigenvalue weighted by atomic mass is 10.0. The molecule has 0 atom stereocenters. The maximum absolute atomic E-state index is 13.2. The van der Waals surface area contributed by atoms with Gasteiger partial charge in [-0.3, -0.25) is 0 Å². The Balaban J connectivity index is 5.76. The van der Waals surface area contributed by atoms with Gasteiger partial charge in [-0.2, -0.15) is 39.5 Å². The fraction of sp³-hybridized carbons (Fsp3) is 0.727. The minimum Gasteiger partial charge on any atom is -0.462 e. The van der Waals surface area contributed by atoms with Gasteiger partial charge in [-0.25, -0.2) is 4.79 Å². The van der Waals surface area contributed by atoms with E-state index >= 15 is 0 Å². The first-order valence-electron chi connectivity index (χ1n) is 5.85. The summed E-state index contributed by atoms with van der Waals surface area (Å²) in [5.74, 6) is -21.8. The van der Waals surface area contributed by atoms with Gasteiger partial charge in [0.2, 0.25) is 0 Å². The Morgan fingerprint density at radius 1 is 1.00 bits per heavy atom. The van der Waals surface area contributed by atoms with E-state index in [1.807, 2.05) is 0 Å². The van der Waals surface area contributed by atoms with Crippen LogP contribution in [0.1, 0.15) is 13.3 Å². The predicted molar refractivity (Wildman–Crippen MR) is 57.3 cm³/mol. The molecular formula is C11H11F9O3. The first-order chi connectivity index (χ1) is 10.2. The predicted octanol–water partition coefficient (Wildman–Crippen LogP) is 3.33. The van der Waals surface area contributed by atoms with Crippen molar-refractivity contribution in [2.45, 2.75) is 37.3 Å². The highest BCUT2D eigenvalue weighted by Gasteiger charge is 2.81. The van der Waals surface area contributed by atoms with Crippen LogP contribution in [-0.4, -0.2) is 48.2 Å². The third kappa shape index (κ3) is 4.30. The zero-order valence-electron chi connectivity index (χ0n) is 11.4. The van der Waals surface area contributed by atoms with Crippen LogP contribution in [0.5, 0.6) is 0 Å². The number of rotatable bonds is 7. The number of allylic oxidation sites excluding steroid dienone is 1. The lowest BCUT2D eigenvalue weighted by Crippen LogP contribution is -2.60. The number of carbonyl (C=O) groups is 1. The summed E-state index contributed by atoms with van der Waals surface area (Å²) < 4.78 is 117. The molecule has 0 aromatic heterocycles. The first-order valence-corrected chi connectivity index (χ1v) is 5.85. The average molecular weight is 362 g/mol. The van der Waals surface area contributed by atoms with E-state index in [9.17, 15) is 44.3 Å². The van der Waals surface area contributed by atoms with Gasteiger partial charge in [-0.1, -0.05) is 6.92 Å². The number of ether oxygens (including phenoxy) is 1. The van der Waals surface area contributed by atoms with Crippen molar-refractivity contribution in [2.75, 3.05) is 13.2 Å². The van der Waals surface area contributed by atoms with Gasteiger partial charge >= 0.3 is 29.9 Å². The second-order valence-electron chi connectivity index (χ2n) is 4.23. The highest BCUT2D eigenvalue weighted by molar-refractivity contribution is 5.88. The van der Waals surface area contributed by atoms with Crippen molar-refractivity contribution in [3.63, 3.8) is 0 Å². The summed E-state index contributed by atoms with van der Waals surface area (Å²) in [6.45, 7) is -0.551. The van der Waals surface area contributed by atoms with Crippen LogP contribution in [-0.2, 0) is 9.53 Å². The van der Waals surface area contributed by atoms with Gasteiger partial charge in [0, 0.05) is 6.08 Å². The molecule has 23 heavy (non-hydrogen) atoms. The standard InChI is InChI=1S/C11H11F9O3/c1-2-3-23-7(22)6(5-21)4-8(12,13)9(14,15)10(16,17)11(18,19)20/h4,21H,2-3,5H2,1H3. The molecule has 0 saturated carbocycles. The first kappa shape index (κ1) is 21.5. The van der Waals surface area contributed by atoms with E-state index in [0.717, 1.165) is 0 Å². The molecule has 3 nitrogen and oxygen atoms in total. The minimum absolute atomic E-state index is 0.170. The van der Waals surface area contributed by atoms with Gasteiger partial charge < -0.3 is 9.84 Å². The number of esters is 1. The van der Waals surface area contributed by atoms with Crippen LogP contribution in [0.4, 0.5) is 39.5 Å². The fourth-order valence-corrected chi connectivity index (χ4v) is 1.15. The summed E-state index contributed by atoms with van der Waals surface area (Å²) in [7, 11) is 0. The normalized spacial score (nSPS) is 14.8. The molecule has 0 amide bonds. The number of aliphatic hydroxyl groups excluding tert-OH is 1. The fourth-order valence-electron chi connectivity index (χ4n) is 1.15. The summed E-state index contributed by atoms with van der Waals surface area (Å²) in [6.07, 6.45) is -7.95. The zero-order valence-corrected chi connectivity index (χ0v) is 11.4. The van der Waals surface area contributed by atoms with Crippen LogP contribution in [0, 0.1) is 0 Å². The Hall–Kier alpha value is -1.46. The molecule has 0 spiro atoms. The highest BCUT2D eigenvalue weighted by atomic mass is 19.4. The summed E-state index contributed by atoms with van der Waals surface area (Å²) in [5, 5.41) is 8.63. The minimum atomic E-state index is -7.08. The van der Waals surface area contributed by atoms with Crippen LogP contribution in [0.25, 0.3) is 0 Å². The Morgan fingerprint density at radius 2 is 1.48 bits per heavy atom. The molecule has 0 saturated heterocycles. The Labute approximate surface area is 123 Å². The van der Waals surface area contributed by atoms with Gasteiger partial charge in [0.1, 0.15) is 0 Å². The molecule has 0 fully saturated rings.